The van der Waals surface area contributed by atoms with Gasteiger partial charge >= 0.3 is 5.97 Å². The van der Waals surface area contributed by atoms with Crippen molar-refractivity contribution >= 4 is 39.2 Å². The third-order valence-corrected chi connectivity index (χ3v) is 6.41. The predicted molar refractivity (Wildman–Crippen MR) is 93.7 cm³/mol. The smallest absolute Gasteiger partial charge is 0.327 e. The van der Waals surface area contributed by atoms with Crippen molar-refractivity contribution < 1.29 is 27.5 Å². The second-order valence-corrected chi connectivity index (χ2v) is 8.29. The number of hydrogen-bond donors (Lipinski definition) is 2. The number of anilines is 1. The lowest BCUT2D eigenvalue weighted by Crippen LogP contribution is -2.53. The van der Waals surface area contributed by atoms with Crippen LogP contribution < -0.4 is 14.8 Å². The molecule has 1 aromatic carbocycles. The van der Waals surface area contributed by atoms with Gasteiger partial charge in [-0.2, -0.15) is 4.72 Å². The summed E-state index contributed by atoms with van der Waals surface area (Å²) in [4.78, 5) is 23.5. The van der Waals surface area contributed by atoms with Crippen LogP contribution in [0, 0.1) is 0 Å². The van der Waals surface area contributed by atoms with Gasteiger partial charge in [0.25, 0.3) is 5.91 Å². The molecule has 0 bridgehead atoms. The molecular formula is C16H19ClN2O6S. The van der Waals surface area contributed by atoms with Crippen LogP contribution in [-0.4, -0.2) is 39.0 Å². The van der Waals surface area contributed by atoms with Gasteiger partial charge in [0.1, 0.15) is 16.2 Å². The Morgan fingerprint density at radius 3 is 2.73 bits per heavy atom. The van der Waals surface area contributed by atoms with Crippen LogP contribution >= 0.6 is 11.6 Å². The van der Waals surface area contributed by atoms with Gasteiger partial charge in [-0.3, -0.25) is 9.59 Å². The van der Waals surface area contributed by atoms with Gasteiger partial charge in [-0.25, -0.2) is 8.42 Å². The molecule has 10 heteroatoms. The molecule has 1 saturated carbocycles. The molecule has 1 amide bonds. The number of ether oxygens (including phenoxy) is 2. The molecule has 0 aromatic heterocycles. The SMILES string of the molecule is CCOC(=O)C1(NS(=O)(=O)c2cc3c(cc2Cl)NC(=O)CO3)CCCC1. The van der Waals surface area contributed by atoms with Crippen LogP contribution in [0.25, 0.3) is 0 Å². The summed E-state index contributed by atoms with van der Waals surface area (Å²) in [6, 6.07) is 2.56. The number of esters is 1. The van der Waals surface area contributed by atoms with Crippen LogP contribution in [0.1, 0.15) is 32.6 Å². The average molecular weight is 403 g/mol. The highest BCUT2D eigenvalue weighted by atomic mass is 35.5. The maximum absolute atomic E-state index is 12.9. The van der Waals surface area contributed by atoms with Gasteiger partial charge in [0, 0.05) is 6.07 Å². The van der Waals surface area contributed by atoms with Crippen LogP contribution in [0.3, 0.4) is 0 Å². The standard InChI is InChI=1S/C16H19ClN2O6S/c1-2-24-15(21)16(5-3-4-6-16)19-26(22,23)13-8-12-11(7-10(13)17)18-14(20)9-25-12/h7-8,19H,2-6,9H2,1H3,(H,18,20). The van der Waals surface area contributed by atoms with Gasteiger partial charge in [-0.1, -0.05) is 24.4 Å². The third-order valence-electron chi connectivity index (χ3n) is 4.41. The molecule has 142 valence electrons. The maximum atomic E-state index is 12.9. The van der Waals surface area contributed by atoms with E-state index in [1.807, 2.05) is 0 Å². The van der Waals surface area contributed by atoms with Crippen LogP contribution in [-0.2, 0) is 24.3 Å². The van der Waals surface area contributed by atoms with Gasteiger partial charge < -0.3 is 14.8 Å². The van der Waals surface area contributed by atoms with E-state index >= 15 is 0 Å². The van der Waals surface area contributed by atoms with E-state index in [4.69, 9.17) is 21.1 Å². The van der Waals surface area contributed by atoms with Crippen molar-refractivity contribution in [3.63, 3.8) is 0 Å². The summed E-state index contributed by atoms with van der Waals surface area (Å²) in [6.07, 6.45) is 2.16. The fourth-order valence-corrected chi connectivity index (χ4v) is 5.15. The van der Waals surface area contributed by atoms with Crippen LogP contribution in [0.5, 0.6) is 5.75 Å². The molecule has 8 nitrogen and oxygen atoms in total. The molecule has 0 saturated heterocycles. The Balaban J connectivity index is 1.95. The third kappa shape index (κ3) is 3.51. The molecule has 0 spiro atoms. The molecule has 26 heavy (non-hydrogen) atoms. The number of amides is 1. The number of nitrogens with one attached hydrogen (secondary N) is 2. The maximum Gasteiger partial charge on any atom is 0.327 e. The molecule has 1 aromatic rings. The Kier molecular flexibility index (Phi) is 5.14. The summed E-state index contributed by atoms with van der Waals surface area (Å²) in [5.41, 5.74) is -0.991. The molecular weight excluding hydrogens is 384 g/mol. The van der Waals surface area contributed by atoms with Gasteiger partial charge in [-0.05, 0) is 25.8 Å². The minimum atomic E-state index is -4.12. The number of halogens is 1. The summed E-state index contributed by atoms with van der Waals surface area (Å²) in [7, 11) is -4.12. The topological polar surface area (TPSA) is 111 Å². The first-order valence-electron chi connectivity index (χ1n) is 8.25. The lowest BCUT2D eigenvalue weighted by atomic mass is 10.00. The van der Waals surface area contributed by atoms with Gasteiger partial charge in [0.15, 0.2) is 6.61 Å². The molecule has 3 rings (SSSR count). The zero-order chi connectivity index (χ0) is 18.9. The zero-order valence-corrected chi connectivity index (χ0v) is 15.7. The Morgan fingerprint density at radius 2 is 2.08 bits per heavy atom. The zero-order valence-electron chi connectivity index (χ0n) is 14.1. The molecule has 1 aliphatic heterocycles. The van der Waals surface area contributed by atoms with Crippen LogP contribution in [0.15, 0.2) is 17.0 Å². The Labute approximate surface area is 156 Å². The summed E-state index contributed by atoms with van der Waals surface area (Å²) in [6.45, 7) is 1.62. The molecule has 1 heterocycles. The van der Waals surface area contributed by atoms with Crippen LogP contribution in [0.2, 0.25) is 5.02 Å². The first kappa shape index (κ1) is 18.9. The van der Waals surface area contributed by atoms with E-state index in [0.717, 1.165) is 0 Å². The van der Waals surface area contributed by atoms with Crippen molar-refractivity contribution in [3.05, 3.63) is 17.2 Å². The summed E-state index contributed by atoms with van der Waals surface area (Å²) in [5, 5.41) is 2.47. The van der Waals surface area contributed by atoms with Gasteiger partial charge in [0.2, 0.25) is 10.0 Å². The largest absolute Gasteiger partial charge is 0.482 e. The summed E-state index contributed by atoms with van der Waals surface area (Å²) in [5.74, 6) is -0.737. The molecule has 0 radical (unpaired) electrons. The molecule has 1 aliphatic carbocycles. The van der Waals surface area contributed by atoms with Crippen molar-refractivity contribution in [2.45, 2.75) is 43.0 Å². The first-order valence-corrected chi connectivity index (χ1v) is 10.1. The quantitative estimate of drug-likeness (QED) is 0.727. The van der Waals surface area contributed by atoms with E-state index in [1.54, 1.807) is 6.92 Å². The predicted octanol–water partition coefficient (Wildman–Crippen LogP) is 1.83. The fraction of sp³-hybridized carbons (Fsp3) is 0.500. The number of fused-ring (bicyclic) bond motifs is 1. The van der Waals surface area contributed by atoms with Gasteiger partial charge in [0.05, 0.1) is 17.3 Å². The highest BCUT2D eigenvalue weighted by molar-refractivity contribution is 7.89. The summed E-state index contributed by atoms with van der Waals surface area (Å²) >= 11 is 6.12. The number of carbonyl (C=O) groups excluding carboxylic acids is 2. The minimum absolute atomic E-state index is 0.0842. The van der Waals surface area contributed by atoms with E-state index in [0.29, 0.717) is 31.4 Å². The highest BCUT2D eigenvalue weighted by Gasteiger charge is 2.46. The van der Waals surface area contributed by atoms with Crippen molar-refractivity contribution in [1.82, 2.24) is 4.72 Å². The van der Waals surface area contributed by atoms with E-state index in [9.17, 15) is 18.0 Å². The Hall–Kier alpha value is -1.84. The average Bonchev–Trinajstić information content (AvgIpc) is 3.03. The molecule has 0 unspecified atom stereocenters. The summed E-state index contributed by atoms with van der Waals surface area (Å²) < 4.78 is 38.7. The lowest BCUT2D eigenvalue weighted by Gasteiger charge is -2.28. The lowest BCUT2D eigenvalue weighted by molar-refractivity contribution is -0.150. The second kappa shape index (κ2) is 7.05. The van der Waals surface area contributed by atoms with E-state index in [-0.39, 0.29) is 34.8 Å². The van der Waals surface area contributed by atoms with Crippen molar-refractivity contribution in [1.29, 1.82) is 0 Å². The van der Waals surface area contributed by atoms with Gasteiger partial charge in [-0.15, -0.1) is 0 Å². The molecule has 2 N–H and O–H groups in total. The first-order chi connectivity index (χ1) is 12.3. The van der Waals surface area contributed by atoms with Crippen LogP contribution in [0.4, 0.5) is 5.69 Å². The number of benzene rings is 1. The van der Waals surface area contributed by atoms with E-state index in [2.05, 4.69) is 10.0 Å². The number of sulfonamides is 1. The Bertz CT molecular complexity index is 849. The van der Waals surface area contributed by atoms with Crippen molar-refractivity contribution in [2.75, 3.05) is 18.5 Å². The van der Waals surface area contributed by atoms with Crippen molar-refractivity contribution in [3.8, 4) is 5.75 Å². The number of rotatable bonds is 5. The van der Waals surface area contributed by atoms with Crippen molar-refractivity contribution in [2.24, 2.45) is 0 Å². The molecule has 1 fully saturated rings. The Morgan fingerprint density at radius 1 is 1.38 bits per heavy atom. The van der Waals surface area contributed by atoms with E-state index in [1.165, 1.54) is 12.1 Å². The number of carbonyl (C=O) groups is 2. The normalized spacial score (nSPS) is 18.6. The van der Waals surface area contributed by atoms with E-state index < -0.39 is 21.5 Å². The second-order valence-electron chi connectivity index (χ2n) is 6.23. The minimum Gasteiger partial charge on any atom is -0.482 e. The monoisotopic (exact) mass is 402 g/mol. The molecule has 2 aliphatic rings. The number of hydrogen-bond acceptors (Lipinski definition) is 6. The fourth-order valence-electron chi connectivity index (χ4n) is 3.20. The molecule has 0 atom stereocenters. The highest BCUT2D eigenvalue weighted by Crippen LogP contribution is 2.38.